The van der Waals surface area contributed by atoms with Crippen molar-refractivity contribution in [2.24, 2.45) is 0 Å². The summed E-state index contributed by atoms with van der Waals surface area (Å²) < 4.78 is 14.7. The second-order valence-corrected chi connectivity index (χ2v) is 7.56. The van der Waals surface area contributed by atoms with Crippen LogP contribution in [0.15, 0.2) is 18.2 Å². The molecule has 1 aromatic carbocycles. The lowest BCUT2D eigenvalue weighted by molar-refractivity contribution is -0.152. The van der Waals surface area contributed by atoms with Crippen molar-refractivity contribution in [3.8, 4) is 0 Å². The molecular weight excluding hydrogens is 410 g/mol. The molecule has 2 aromatic rings. The van der Waals surface area contributed by atoms with Crippen molar-refractivity contribution in [1.82, 2.24) is 19.7 Å². The number of hydrogen-bond donors (Lipinski definition) is 0. The number of carbonyl (C=O) groups excluding carboxylic acids is 2. The van der Waals surface area contributed by atoms with E-state index in [0.717, 1.165) is 10.8 Å². The second kappa shape index (κ2) is 7.35. The predicted octanol–water partition coefficient (Wildman–Crippen LogP) is 2.74. The summed E-state index contributed by atoms with van der Waals surface area (Å²) >= 11 is 11.9. The molecule has 1 aromatic heterocycles. The number of hydrogen-bond acceptors (Lipinski definition) is 4. The molecule has 2 aliphatic heterocycles. The summed E-state index contributed by atoms with van der Waals surface area (Å²) in [6.45, 7) is 0.0817. The van der Waals surface area contributed by atoms with Gasteiger partial charge in [-0.05, 0) is 18.2 Å². The lowest BCUT2D eigenvalue weighted by Crippen LogP contribution is -2.37. The fraction of sp³-hybridized carbons (Fsp3) is 0.389. The molecule has 0 spiro atoms. The highest BCUT2D eigenvalue weighted by molar-refractivity contribution is 6.42. The Kier molecular flexibility index (Phi) is 5.03. The number of nitrogens with zero attached hydrogens (tertiary/aromatic N) is 4. The number of rotatable bonds is 2. The summed E-state index contributed by atoms with van der Waals surface area (Å²) in [5.41, 5.74) is 2.16. The van der Waals surface area contributed by atoms with Crippen LogP contribution in [0.1, 0.15) is 32.1 Å². The molecule has 7 nitrogen and oxygen atoms in total. The minimum atomic E-state index is -0.787. The number of carbonyl (C=O) groups is 2. The van der Waals surface area contributed by atoms with Gasteiger partial charge in [0.25, 0.3) is 11.8 Å². The molecule has 0 unspecified atom stereocenters. The van der Waals surface area contributed by atoms with Gasteiger partial charge in [0.1, 0.15) is 18.5 Å². The lowest BCUT2D eigenvalue weighted by Gasteiger charge is -2.27. The number of amides is 2. The molecule has 2 aliphatic rings. The highest BCUT2D eigenvalue weighted by Gasteiger charge is 2.35. The maximum absolute atomic E-state index is 13.2. The fourth-order valence-electron chi connectivity index (χ4n) is 3.51. The molecule has 2 amide bonds. The van der Waals surface area contributed by atoms with Crippen molar-refractivity contribution in [2.45, 2.75) is 25.6 Å². The van der Waals surface area contributed by atoms with E-state index in [9.17, 15) is 14.0 Å². The molecule has 0 bridgehead atoms. The van der Waals surface area contributed by atoms with Crippen molar-refractivity contribution in [1.29, 1.82) is 0 Å². The van der Waals surface area contributed by atoms with Crippen LogP contribution < -0.4 is 0 Å². The van der Waals surface area contributed by atoms with Gasteiger partial charge in [-0.3, -0.25) is 19.1 Å². The van der Waals surface area contributed by atoms with Gasteiger partial charge in [-0.25, -0.2) is 9.45 Å². The third kappa shape index (κ3) is 3.25. The molecular formula is C18H17Cl2FN4O3. The number of halogens is 3. The summed E-state index contributed by atoms with van der Waals surface area (Å²) in [5, 5.41) is 6.18. The maximum atomic E-state index is 13.2. The zero-order valence-corrected chi connectivity index (χ0v) is 16.5. The number of fused-ring (bicyclic) bond motifs is 3. The van der Waals surface area contributed by atoms with Crippen LogP contribution in [-0.4, -0.2) is 57.9 Å². The molecule has 0 fully saturated rings. The van der Waals surface area contributed by atoms with Gasteiger partial charge in [0, 0.05) is 31.1 Å². The monoisotopic (exact) mass is 426 g/mol. The van der Waals surface area contributed by atoms with Crippen LogP contribution in [0.25, 0.3) is 0 Å². The van der Waals surface area contributed by atoms with Gasteiger partial charge < -0.3 is 4.90 Å². The van der Waals surface area contributed by atoms with Crippen LogP contribution >= 0.6 is 23.2 Å². The van der Waals surface area contributed by atoms with Crippen molar-refractivity contribution in [3.63, 3.8) is 0 Å². The first-order chi connectivity index (χ1) is 13.4. The van der Waals surface area contributed by atoms with Crippen LogP contribution in [0.3, 0.4) is 0 Å². The third-order valence-electron chi connectivity index (χ3n) is 4.90. The Balaban J connectivity index is 1.65. The zero-order chi connectivity index (χ0) is 20.0. The Morgan fingerprint density at radius 3 is 2.86 bits per heavy atom. The van der Waals surface area contributed by atoms with Crippen LogP contribution in [-0.2, 0) is 24.3 Å². The van der Waals surface area contributed by atoms with E-state index >= 15 is 0 Å². The first-order valence-electron chi connectivity index (χ1n) is 8.72. The quantitative estimate of drug-likeness (QED) is 0.740. The number of hydroxylamine groups is 2. The van der Waals surface area contributed by atoms with E-state index in [1.165, 1.54) is 17.8 Å². The van der Waals surface area contributed by atoms with Gasteiger partial charge in [-0.15, -0.1) is 0 Å². The van der Waals surface area contributed by atoms with Crippen molar-refractivity contribution >= 4 is 35.0 Å². The minimum Gasteiger partial charge on any atom is -0.334 e. The first-order valence-corrected chi connectivity index (χ1v) is 9.48. The van der Waals surface area contributed by atoms with E-state index in [1.54, 1.807) is 17.0 Å². The van der Waals surface area contributed by atoms with E-state index in [0.29, 0.717) is 39.8 Å². The smallest absolute Gasteiger partial charge is 0.295 e. The standard InChI is InChI=1S/C18H17Cl2FN4O3/c1-23-18(27)16-12-9-24(17(26)10-2-3-13(19)14(20)6-10)5-4-15(12)22-25(16)8-11(7-21)28-23/h2-3,6,11H,4-5,7-9H2,1H3/t11-/m0/s1. The third-order valence-corrected chi connectivity index (χ3v) is 5.64. The van der Waals surface area contributed by atoms with E-state index < -0.39 is 18.7 Å². The number of benzene rings is 1. The van der Waals surface area contributed by atoms with Gasteiger partial charge in [0.15, 0.2) is 0 Å². The summed E-state index contributed by atoms with van der Waals surface area (Å²) in [7, 11) is 1.45. The summed E-state index contributed by atoms with van der Waals surface area (Å²) in [6.07, 6.45) is -0.286. The number of aromatic nitrogens is 2. The Hall–Kier alpha value is -2.16. The van der Waals surface area contributed by atoms with Crippen LogP contribution in [0.2, 0.25) is 10.0 Å². The maximum Gasteiger partial charge on any atom is 0.295 e. The van der Waals surface area contributed by atoms with Crippen molar-refractivity contribution in [2.75, 3.05) is 20.3 Å². The van der Waals surface area contributed by atoms with Gasteiger partial charge in [-0.1, -0.05) is 23.2 Å². The highest BCUT2D eigenvalue weighted by Crippen LogP contribution is 2.28. The summed E-state index contributed by atoms with van der Waals surface area (Å²) in [6, 6.07) is 4.72. The van der Waals surface area contributed by atoms with E-state index in [2.05, 4.69) is 5.10 Å². The first kappa shape index (κ1) is 19.2. The molecule has 28 heavy (non-hydrogen) atoms. The van der Waals surface area contributed by atoms with Gasteiger partial charge in [-0.2, -0.15) is 5.10 Å². The van der Waals surface area contributed by atoms with Gasteiger partial charge in [0.05, 0.1) is 28.8 Å². The van der Waals surface area contributed by atoms with Gasteiger partial charge in [0.2, 0.25) is 0 Å². The van der Waals surface area contributed by atoms with Crippen LogP contribution in [0.4, 0.5) is 4.39 Å². The Bertz CT molecular complexity index is 965. The Morgan fingerprint density at radius 1 is 1.36 bits per heavy atom. The Labute approximate surface area is 170 Å². The molecule has 0 saturated carbocycles. The largest absolute Gasteiger partial charge is 0.334 e. The van der Waals surface area contributed by atoms with Crippen molar-refractivity contribution in [3.05, 3.63) is 50.8 Å². The highest BCUT2D eigenvalue weighted by atomic mass is 35.5. The number of alkyl halides is 1. The Morgan fingerprint density at radius 2 is 2.14 bits per heavy atom. The summed E-state index contributed by atoms with van der Waals surface area (Å²) in [5.74, 6) is -0.620. The molecule has 10 heteroatoms. The van der Waals surface area contributed by atoms with Crippen LogP contribution in [0, 0.1) is 0 Å². The molecule has 0 saturated heterocycles. The zero-order valence-electron chi connectivity index (χ0n) is 15.0. The van der Waals surface area contributed by atoms with E-state index in [1.807, 2.05) is 0 Å². The van der Waals surface area contributed by atoms with E-state index in [-0.39, 0.29) is 19.0 Å². The minimum absolute atomic E-state index is 0.135. The molecule has 0 radical (unpaired) electrons. The predicted molar refractivity (Wildman–Crippen MR) is 100 cm³/mol. The van der Waals surface area contributed by atoms with Gasteiger partial charge >= 0.3 is 0 Å². The molecule has 1 atom stereocenters. The molecule has 148 valence electrons. The molecule has 3 heterocycles. The average Bonchev–Trinajstić information content (AvgIpc) is 2.99. The molecule has 0 N–H and O–H groups in total. The van der Waals surface area contributed by atoms with Crippen LogP contribution in [0.5, 0.6) is 0 Å². The van der Waals surface area contributed by atoms with E-state index in [4.69, 9.17) is 28.0 Å². The SMILES string of the molecule is CN1O[C@@H](CF)Cn2nc3c(c2C1=O)CN(C(=O)c1ccc(Cl)c(Cl)c1)CC3. The molecule has 0 aliphatic carbocycles. The average molecular weight is 427 g/mol. The lowest BCUT2D eigenvalue weighted by atomic mass is 10.0. The molecule has 4 rings (SSSR count). The topological polar surface area (TPSA) is 67.7 Å². The second-order valence-electron chi connectivity index (χ2n) is 6.75. The fourth-order valence-corrected chi connectivity index (χ4v) is 3.80. The van der Waals surface area contributed by atoms with Crippen molar-refractivity contribution < 1.29 is 18.8 Å². The normalized spacial score (nSPS) is 19.3. The summed E-state index contributed by atoms with van der Waals surface area (Å²) in [4.78, 5) is 32.6.